The van der Waals surface area contributed by atoms with Crippen LogP contribution in [0.5, 0.6) is 11.5 Å². The summed E-state index contributed by atoms with van der Waals surface area (Å²) in [6.45, 7) is 4.46. The van der Waals surface area contributed by atoms with Crippen molar-refractivity contribution in [2.45, 2.75) is 38.8 Å². The van der Waals surface area contributed by atoms with Crippen molar-refractivity contribution in [2.24, 2.45) is 7.05 Å². The topological polar surface area (TPSA) is 26.2 Å². The largest absolute Gasteiger partial charge is 0.457 e. The Morgan fingerprint density at radius 3 is 2.23 bits per heavy atom. The molecule has 3 heteroatoms. The predicted octanol–water partition coefficient (Wildman–Crippen LogP) is 6.01. The van der Waals surface area contributed by atoms with Gasteiger partial charge >= 0.3 is 0 Å². The molecule has 0 fully saturated rings. The Kier molecular flexibility index (Phi) is 6.13. The highest BCUT2D eigenvalue weighted by Crippen LogP contribution is 2.27. The second-order valence-corrected chi connectivity index (χ2v) is 6.82. The summed E-state index contributed by atoms with van der Waals surface area (Å²) in [5, 5.41) is 3.78. The first-order valence-corrected chi connectivity index (χ1v) is 9.36. The summed E-state index contributed by atoms with van der Waals surface area (Å²) < 4.78 is 8.00. The molecule has 0 aliphatic rings. The zero-order chi connectivity index (χ0) is 18.4. The summed E-state index contributed by atoms with van der Waals surface area (Å²) >= 11 is 0. The van der Waals surface area contributed by atoms with Gasteiger partial charge in [-0.2, -0.15) is 0 Å². The van der Waals surface area contributed by atoms with E-state index in [1.54, 1.807) is 0 Å². The number of aromatic nitrogens is 1. The molecule has 3 nitrogen and oxygen atoms in total. The van der Waals surface area contributed by atoms with Crippen LogP contribution in [0.4, 0.5) is 0 Å². The summed E-state index contributed by atoms with van der Waals surface area (Å²) in [6, 6.07) is 21.2. The van der Waals surface area contributed by atoms with Gasteiger partial charge in [-0.15, -0.1) is 0 Å². The van der Waals surface area contributed by atoms with Crippen LogP contribution in [0.1, 0.15) is 49.9 Å². The molecule has 136 valence electrons. The molecule has 2 unspecified atom stereocenters. The summed E-state index contributed by atoms with van der Waals surface area (Å²) in [4.78, 5) is 0. The lowest BCUT2D eigenvalue weighted by molar-refractivity contribution is 0.438. The van der Waals surface area contributed by atoms with Crippen LogP contribution >= 0.6 is 0 Å². The molecule has 3 rings (SSSR count). The van der Waals surface area contributed by atoms with E-state index in [4.69, 9.17) is 4.74 Å². The van der Waals surface area contributed by atoms with Crippen LogP contribution < -0.4 is 10.1 Å². The SMILES string of the molecule is CCCC(NC(C)c1ccn(C)c1)c1ccc(Oc2ccccc2)cc1. The second-order valence-electron chi connectivity index (χ2n) is 6.82. The van der Waals surface area contributed by atoms with E-state index in [0.717, 1.165) is 24.3 Å². The minimum atomic E-state index is 0.313. The number of hydrogen-bond donors (Lipinski definition) is 1. The maximum absolute atomic E-state index is 5.90. The number of aryl methyl sites for hydroxylation is 1. The third-order valence-corrected chi connectivity index (χ3v) is 4.64. The quantitative estimate of drug-likeness (QED) is 0.539. The van der Waals surface area contributed by atoms with Crippen molar-refractivity contribution in [3.63, 3.8) is 0 Å². The Morgan fingerprint density at radius 1 is 0.923 bits per heavy atom. The fraction of sp³-hybridized carbons (Fsp3) is 0.304. The number of nitrogens with zero attached hydrogens (tertiary/aromatic N) is 1. The minimum absolute atomic E-state index is 0.313. The molecule has 3 aromatic rings. The molecule has 0 saturated heterocycles. The fourth-order valence-electron chi connectivity index (χ4n) is 3.21. The summed E-state index contributed by atoms with van der Waals surface area (Å²) in [7, 11) is 2.06. The maximum Gasteiger partial charge on any atom is 0.127 e. The van der Waals surface area contributed by atoms with Gasteiger partial charge in [0.1, 0.15) is 11.5 Å². The van der Waals surface area contributed by atoms with Gasteiger partial charge in [0.15, 0.2) is 0 Å². The minimum Gasteiger partial charge on any atom is -0.457 e. The molecule has 2 aromatic carbocycles. The highest BCUT2D eigenvalue weighted by molar-refractivity contribution is 5.34. The number of benzene rings is 2. The van der Waals surface area contributed by atoms with E-state index in [1.807, 2.05) is 30.3 Å². The van der Waals surface area contributed by atoms with E-state index >= 15 is 0 Å². The van der Waals surface area contributed by atoms with Crippen LogP contribution in [0.25, 0.3) is 0 Å². The lowest BCUT2D eigenvalue weighted by Crippen LogP contribution is -2.24. The average molecular weight is 348 g/mol. The molecule has 0 amide bonds. The van der Waals surface area contributed by atoms with E-state index in [1.165, 1.54) is 11.1 Å². The van der Waals surface area contributed by atoms with Crippen molar-refractivity contribution in [3.8, 4) is 11.5 Å². The van der Waals surface area contributed by atoms with Crippen molar-refractivity contribution in [1.82, 2.24) is 9.88 Å². The molecule has 2 atom stereocenters. The van der Waals surface area contributed by atoms with Gasteiger partial charge in [-0.3, -0.25) is 0 Å². The standard InChI is InChI=1S/C23H28N2O/c1-4-8-23(24-18(2)20-15-16-25(3)17-20)19-11-13-22(14-12-19)26-21-9-6-5-7-10-21/h5-7,9-18,23-24H,4,8H2,1-3H3. The maximum atomic E-state index is 5.90. The van der Waals surface area contributed by atoms with E-state index in [2.05, 4.69) is 73.5 Å². The molecule has 0 bridgehead atoms. The predicted molar refractivity (Wildman–Crippen MR) is 108 cm³/mol. The zero-order valence-electron chi connectivity index (χ0n) is 15.9. The van der Waals surface area contributed by atoms with E-state index in [-0.39, 0.29) is 0 Å². The molecule has 0 aliphatic heterocycles. The third kappa shape index (κ3) is 4.77. The van der Waals surface area contributed by atoms with Gasteiger partial charge < -0.3 is 14.6 Å². The first-order valence-electron chi connectivity index (χ1n) is 9.36. The molecule has 0 spiro atoms. The van der Waals surface area contributed by atoms with Crippen LogP contribution in [0.2, 0.25) is 0 Å². The van der Waals surface area contributed by atoms with Gasteiger partial charge in [0, 0.05) is 31.5 Å². The van der Waals surface area contributed by atoms with Gasteiger partial charge in [0.2, 0.25) is 0 Å². The lowest BCUT2D eigenvalue weighted by atomic mass is 10.00. The number of para-hydroxylation sites is 1. The van der Waals surface area contributed by atoms with Crippen molar-refractivity contribution < 1.29 is 4.74 Å². The number of hydrogen-bond acceptors (Lipinski definition) is 2. The van der Waals surface area contributed by atoms with Crippen molar-refractivity contribution in [1.29, 1.82) is 0 Å². The molecular formula is C23H28N2O. The fourth-order valence-corrected chi connectivity index (χ4v) is 3.21. The van der Waals surface area contributed by atoms with Crippen LogP contribution in [-0.4, -0.2) is 4.57 Å². The summed E-state index contributed by atoms with van der Waals surface area (Å²) in [5.41, 5.74) is 2.62. The monoisotopic (exact) mass is 348 g/mol. The zero-order valence-corrected chi connectivity index (χ0v) is 15.9. The van der Waals surface area contributed by atoms with Crippen molar-refractivity contribution in [2.75, 3.05) is 0 Å². The Morgan fingerprint density at radius 2 is 1.62 bits per heavy atom. The van der Waals surface area contributed by atoms with Crippen molar-refractivity contribution in [3.05, 3.63) is 84.2 Å². The molecule has 1 heterocycles. The number of nitrogens with one attached hydrogen (secondary N) is 1. The highest BCUT2D eigenvalue weighted by Gasteiger charge is 2.15. The molecule has 0 saturated carbocycles. The first-order chi connectivity index (χ1) is 12.7. The van der Waals surface area contributed by atoms with Gasteiger partial charge in [-0.1, -0.05) is 43.7 Å². The molecule has 0 aliphatic carbocycles. The van der Waals surface area contributed by atoms with Crippen LogP contribution in [-0.2, 0) is 7.05 Å². The summed E-state index contributed by atoms with van der Waals surface area (Å²) in [6.07, 6.45) is 6.52. The average Bonchev–Trinajstić information content (AvgIpc) is 3.09. The first kappa shape index (κ1) is 18.3. The molecule has 0 radical (unpaired) electrons. The lowest BCUT2D eigenvalue weighted by Gasteiger charge is -2.23. The molecule has 1 aromatic heterocycles. The molecule has 26 heavy (non-hydrogen) atoms. The Labute approximate surface area is 156 Å². The van der Waals surface area contributed by atoms with Gasteiger partial charge in [-0.25, -0.2) is 0 Å². The molecular weight excluding hydrogens is 320 g/mol. The Bertz CT molecular complexity index is 793. The van der Waals surface area contributed by atoms with Crippen LogP contribution in [0.15, 0.2) is 73.1 Å². The van der Waals surface area contributed by atoms with Gasteiger partial charge in [0.25, 0.3) is 0 Å². The van der Waals surface area contributed by atoms with E-state index in [0.29, 0.717) is 12.1 Å². The summed E-state index contributed by atoms with van der Waals surface area (Å²) in [5.74, 6) is 1.73. The van der Waals surface area contributed by atoms with Crippen molar-refractivity contribution >= 4 is 0 Å². The highest BCUT2D eigenvalue weighted by atomic mass is 16.5. The molecule has 1 N–H and O–H groups in total. The normalized spacial score (nSPS) is 13.3. The second kappa shape index (κ2) is 8.72. The smallest absolute Gasteiger partial charge is 0.127 e. The third-order valence-electron chi connectivity index (χ3n) is 4.64. The number of ether oxygens (including phenoxy) is 1. The van der Waals surface area contributed by atoms with Crippen LogP contribution in [0.3, 0.4) is 0 Å². The Balaban J connectivity index is 1.69. The van der Waals surface area contributed by atoms with E-state index < -0.39 is 0 Å². The Hall–Kier alpha value is -2.52. The van der Waals surface area contributed by atoms with Gasteiger partial charge in [-0.05, 0) is 54.8 Å². The van der Waals surface area contributed by atoms with Gasteiger partial charge in [0.05, 0.1) is 0 Å². The van der Waals surface area contributed by atoms with E-state index in [9.17, 15) is 0 Å². The number of rotatable bonds is 8. The van der Waals surface area contributed by atoms with Crippen LogP contribution in [0, 0.1) is 0 Å².